The highest BCUT2D eigenvalue weighted by Crippen LogP contribution is 2.22. The van der Waals surface area contributed by atoms with Gasteiger partial charge in [-0.2, -0.15) is 0 Å². The predicted molar refractivity (Wildman–Crippen MR) is 97.4 cm³/mol. The van der Waals surface area contributed by atoms with Crippen molar-refractivity contribution in [1.29, 1.82) is 0 Å². The lowest BCUT2D eigenvalue weighted by atomic mass is 10.0. The molecule has 1 atom stereocenters. The fourth-order valence-electron chi connectivity index (χ4n) is 2.69. The van der Waals surface area contributed by atoms with Crippen LogP contribution in [0.2, 0.25) is 5.02 Å². The number of carbonyl (C=O) groups excluding carboxylic acids is 2. The van der Waals surface area contributed by atoms with Crippen molar-refractivity contribution in [3.63, 3.8) is 0 Å². The smallest absolute Gasteiger partial charge is 0.410 e. The summed E-state index contributed by atoms with van der Waals surface area (Å²) >= 11 is 6.08. The van der Waals surface area contributed by atoms with E-state index < -0.39 is 17.7 Å². The van der Waals surface area contributed by atoms with Gasteiger partial charge in [0, 0.05) is 18.1 Å². The van der Waals surface area contributed by atoms with Crippen LogP contribution in [0.3, 0.4) is 0 Å². The Balaban J connectivity index is 1.65. The Morgan fingerprint density at radius 2 is 2.15 bits per heavy atom. The number of rotatable bonds is 4. The molecule has 1 saturated heterocycles. The van der Waals surface area contributed by atoms with Gasteiger partial charge in [0.1, 0.15) is 18.0 Å². The van der Waals surface area contributed by atoms with Crippen LogP contribution < -0.4 is 5.32 Å². The van der Waals surface area contributed by atoms with Crippen LogP contribution in [0.25, 0.3) is 5.69 Å². The molecule has 0 unspecified atom stereocenters. The van der Waals surface area contributed by atoms with Crippen molar-refractivity contribution in [2.75, 3.05) is 6.54 Å². The summed E-state index contributed by atoms with van der Waals surface area (Å²) in [7, 11) is 0. The van der Waals surface area contributed by atoms with Gasteiger partial charge in [-0.05, 0) is 61.4 Å². The first kappa shape index (κ1) is 19.1. The number of hydrogen-bond acceptors (Lipinski definition) is 6. The van der Waals surface area contributed by atoms with E-state index in [1.165, 1.54) is 15.9 Å². The minimum Gasteiger partial charge on any atom is -0.444 e. The number of carbonyl (C=O) groups is 2. The molecule has 2 heterocycles. The summed E-state index contributed by atoms with van der Waals surface area (Å²) in [6.45, 7) is 6.10. The van der Waals surface area contributed by atoms with Crippen LogP contribution in [0.5, 0.6) is 0 Å². The Hall–Kier alpha value is -2.68. The van der Waals surface area contributed by atoms with Crippen molar-refractivity contribution in [2.45, 2.75) is 45.4 Å². The molecule has 0 aliphatic carbocycles. The van der Waals surface area contributed by atoms with Gasteiger partial charge in [0.2, 0.25) is 5.91 Å². The molecule has 0 saturated carbocycles. The number of benzene rings is 1. The molecule has 1 aromatic carbocycles. The average Bonchev–Trinajstić information content (AvgIpc) is 3.04. The van der Waals surface area contributed by atoms with Gasteiger partial charge in [0.05, 0.1) is 5.69 Å². The predicted octanol–water partition coefficient (Wildman–Crippen LogP) is 1.94. The Morgan fingerprint density at radius 1 is 1.37 bits per heavy atom. The lowest BCUT2D eigenvalue weighted by Gasteiger charge is -2.40. The zero-order valence-electron chi connectivity index (χ0n) is 15.3. The number of tetrazole rings is 1. The lowest BCUT2D eigenvalue weighted by Crippen LogP contribution is -2.59. The summed E-state index contributed by atoms with van der Waals surface area (Å²) in [4.78, 5) is 26.1. The van der Waals surface area contributed by atoms with Gasteiger partial charge in [-0.25, -0.2) is 9.48 Å². The van der Waals surface area contributed by atoms with Crippen LogP contribution in [0.15, 0.2) is 24.5 Å². The molecule has 2 amide bonds. The molecule has 9 nitrogen and oxygen atoms in total. The molecule has 1 aliphatic heterocycles. The normalized spacial score (nSPS) is 16.6. The molecule has 1 aromatic heterocycles. The van der Waals surface area contributed by atoms with Gasteiger partial charge in [-0.3, -0.25) is 9.69 Å². The second-order valence-electron chi connectivity index (χ2n) is 7.22. The van der Waals surface area contributed by atoms with Gasteiger partial charge in [-0.15, -0.1) is 5.10 Å². The van der Waals surface area contributed by atoms with Crippen LogP contribution in [-0.2, 0) is 16.1 Å². The van der Waals surface area contributed by atoms with Crippen molar-refractivity contribution in [2.24, 2.45) is 0 Å². The summed E-state index contributed by atoms with van der Waals surface area (Å²) < 4.78 is 6.83. The van der Waals surface area contributed by atoms with Crippen LogP contribution >= 0.6 is 11.6 Å². The second kappa shape index (κ2) is 7.51. The molecule has 1 aliphatic rings. The summed E-state index contributed by atoms with van der Waals surface area (Å²) in [6.07, 6.45) is 1.58. The quantitative estimate of drug-likeness (QED) is 0.853. The molecule has 3 rings (SSSR count). The van der Waals surface area contributed by atoms with E-state index in [0.717, 1.165) is 5.56 Å². The highest BCUT2D eigenvalue weighted by molar-refractivity contribution is 6.30. The first-order valence-electron chi connectivity index (χ1n) is 8.54. The number of halogens is 1. The standard InChI is InChI=1S/C17H21ClN6O3/c1-17(2,3)27-16(26)23-7-6-14(23)15(25)19-9-11-8-12(18)4-5-13(11)24-10-20-21-22-24/h4-5,8,10,14H,6-7,9H2,1-3H3,(H,19,25)/t14-/m0/s1. The third kappa shape index (κ3) is 4.54. The molecule has 10 heteroatoms. The Kier molecular flexibility index (Phi) is 5.31. The number of hydrogen-bond donors (Lipinski definition) is 1. The minimum absolute atomic E-state index is 0.229. The average molecular weight is 393 g/mol. The van der Waals surface area contributed by atoms with Gasteiger partial charge in [-0.1, -0.05) is 11.6 Å². The Morgan fingerprint density at radius 3 is 2.74 bits per heavy atom. The molecule has 0 radical (unpaired) electrons. The molecule has 1 fully saturated rings. The summed E-state index contributed by atoms with van der Waals surface area (Å²) in [5.74, 6) is -0.241. The highest BCUT2D eigenvalue weighted by atomic mass is 35.5. The number of nitrogens with one attached hydrogen (secondary N) is 1. The van der Waals surface area contributed by atoms with Crippen molar-refractivity contribution in [1.82, 2.24) is 30.4 Å². The van der Waals surface area contributed by atoms with Crippen molar-refractivity contribution >= 4 is 23.6 Å². The monoisotopic (exact) mass is 392 g/mol. The molecular weight excluding hydrogens is 372 g/mol. The van der Waals surface area contributed by atoms with E-state index in [9.17, 15) is 9.59 Å². The van der Waals surface area contributed by atoms with Crippen molar-refractivity contribution < 1.29 is 14.3 Å². The highest BCUT2D eigenvalue weighted by Gasteiger charge is 2.39. The largest absolute Gasteiger partial charge is 0.444 e. The summed E-state index contributed by atoms with van der Waals surface area (Å²) in [6, 6.07) is 4.71. The summed E-state index contributed by atoms with van der Waals surface area (Å²) in [5.41, 5.74) is 0.864. The zero-order valence-corrected chi connectivity index (χ0v) is 16.1. The van der Waals surface area contributed by atoms with Gasteiger partial charge < -0.3 is 10.1 Å². The molecule has 144 valence electrons. The van der Waals surface area contributed by atoms with E-state index in [0.29, 0.717) is 23.7 Å². The number of likely N-dealkylation sites (tertiary alicyclic amines) is 1. The van der Waals surface area contributed by atoms with Crippen molar-refractivity contribution in [3.8, 4) is 5.69 Å². The van der Waals surface area contributed by atoms with Crippen LogP contribution in [-0.4, -0.2) is 55.3 Å². The van der Waals surface area contributed by atoms with E-state index in [-0.39, 0.29) is 12.5 Å². The van der Waals surface area contributed by atoms with E-state index in [1.54, 1.807) is 39.0 Å². The molecule has 0 spiro atoms. The van der Waals surface area contributed by atoms with E-state index >= 15 is 0 Å². The fourth-order valence-corrected chi connectivity index (χ4v) is 2.88. The minimum atomic E-state index is -0.602. The Bertz CT molecular complexity index is 834. The third-order valence-corrected chi connectivity index (χ3v) is 4.28. The van der Waals surface area contributed by atoms with Crippen LogP contribution in [0.1, 0.15) is 32.8 Å². The van der Waals surface area contributed by atoms with Gasteiger partial charge in [0.25, 0.3) is 0 Å². The van der Waals surface area contributed by atoms with Gasteiger partial charge >= 0.3 is 6.09 Å². The maximum Gasteiger partial charge on any atom is 0.410 e. The molecule has 0 bridgehead atoms. The van der Waals surface area contributed by atoms with E-state index in [1.807, 2.05) is 0 Å². The molecule has 27 heavy (non-hydrogen) atoms. The maximum absolute atomic E-state index is 12.5. The summed E-state index contributed by atoms with van der Waals surface area (Å²) in [5, 5.41) is 14.5. The second-order valence-corrected chi connectivity index (χ2v) is 7.66. The van der Waals surface area contributed by atoms with Crippen LogP contribution in [0, 0.1) is 0 Å². The maximum atomic E-state index is 12.5. The van der Waals surface area contributed by atoms with Crippen molar-refractivity contribution in [3.05, 3.63) is 35.1 Å². The third-order valence-electron chi connectivity index (χ3n) is 4.04. The lowest BCUT2D eigenvalue weighted by molar-refractivity contribution is -0.130. The van der Waals surface area contributed by atoms with E-state index in [2.05, 4.69) is 20.8 Å². The number of ether oxygens (including phenoxy) is 1. The number of aromatic nitrogens is 4. The number of nitrogens with zero attached hydrogens (tertiary/aromatic N) is 5. The topological polar surface area (TPSA) is 102 Å². The molecule has 2 aromatic rings. The fraction of sp³-hybridized carbons (Fsp3) is 0.471. The SMILES string of the molecule is CC(C)(C)OC(=O)N1CC[C@H]1C(=O)NCc1cc(Cl)ccc1-n1cnnn1. The van der Waals surface area contributed by atoms with E-state index in [4.69, 9.17) is 16.3 Å². The molecule has 1 N–H and O–H groups in total. The first-order valence-corrected chi connectivity index (χ1v) is 8.91. The van der Waals surface area contributed by atoms with Gasteiger partial charge in [0.15, 0.2) is 0 Å². The number of amides is 2. The molecular formula is C17H21ClN6O3. The Labute approximate surface area is 161 Å². The zero-order chi connectivity index (χ0) is 19.6. The first-order chi connectivity index (χ1) is 12.7. The van der Waals surface area contributed by atoms with Crippen LogP contribution in [0.4, 0.5) is 4.79 Å².